The van der Waals surface area contributed by atoms with E-state index in [2.05, 4.69) is 157 Å². The topological polar surface area (TPSA) is 24.5 Å². The summed E-state index contributed by atoms with van der Waals surface area (Å²) in [6.45, 7) is 14.4. The number of fused-ring (bicyclic) bond motifs is 1. The highest BCUT2D eigenvalue weighted by Crippen LogP contribution is 2.37. The van der Waals surface area contributed by atoms with E-state index in [1.165, 1.54) is 28.0 Å². The normalized spacial score (nSPS) is 15.3. The van der Waals surface area contributed by atoms with E-state index in [-0.39, 0.29) is 11.1 Å². The van der Waals surface area contributed by atoms with Gasteiger partial charge in [-0.1, -0.05) is 115 Å². The summed E-state index contributed by atoms with van der Waals surface area (Å²) in [7, 11) is -1.85. The number of benzene rings is 3. The van der Waals surface area contributed by atoms with Crippen LogP contribution >= 0.6 is 15.9 Å². The Morgan fingerprint density at radius 2 is 1.62 bits per heavy atom. The molecular formula is C34H41BrN2OSi. The minimum atomic E-state index is -1.85. The van der Waals surface area contributed by atoms with Gasteiger partial charge in [0, 0.05) is 23.2 Å². The van der Waals surface area contributed by atoms with Gasteiger partial charge in [0.1, 0.15) is 6.04 Å². The van der Waals surface area contributed by atoms with Crippen LogP contribution in [0.5, 0.6) is 0 Å². The minimum Gasteiger partial charge on any atom is -0.406 e. The van der Waals surface area contributed by atoms with Gasteiger partial charge in [-0.2, -0.15) is 0 Å². The summed E-state index contributed by atoms with van der Waals surface area (Å²) in [5.74, 6) is 7.08. The standard InChI is InChI=1S/C34H41BrN2OSi/c1-34(2,3)39(4,5)38-22-12-17-32-29(20-21-36-25-27-13-8-6-9-14-27)23-30-24-31(35)18-19-33(30)37(32)26-28-15-10-7-11-16-28/h6-11,13-16,18-19,23-24,32,36H,20-22,25-26H2,1-5H3. The van der Waals surface area contributed by atoms with Crippen LogP contribution < -0.4 is 10.2 Å². The molecule has 1 heterocycles. The fourth-order valence-electron chi connectivity index (χ4n) is 4.49. The average molecular weight is 602 g/mol. The van der Waals surface area contributed by atoms with Gasteiger partial charge < -0.3 is 14.6 Å². The van der Waals surface area contributed by atoms with Crippen molar-refractivity contribution in [1.82, 2.24) is 5.32 Å². The molecule has 5 heteroatoms. The Bertz CT molecular complexity index is 1320. The van der Waals surface area contributed by atoms with Crippen LogP contribution in [0.2, 0.25) is 18.1 Å². The van der Waals surface area contributed by atoms with Gasteiger partial charge in [-0.25, -0.2) is 0 Å². The van der Waals surface area contributed by atoms with Gasteiger partial charge in [-0.05, 0) is 71.6 Å². The van der Waals surface area contributed by atoms with Gasteiger partial charge >= 0.3 is 0 Å². The minimum absolute atomic E-state index is 0.0135. The lowest BCUT2D eigenvalue weighted by atomic mass is 9.92. The quantitative estimate of drug-likeness (QED) is 0.151. The van der Waals surface area contributed by atoms with Crippen LogP contribution in [-0.4, -0.2) is 27.5 Å². The Balaban J connectivity index is 1.60. The van der Waals surface area contributed by atoms with Crippen molar-refractivity contribution in [3.8, 4) is 11.8 Å². The van der Waals surface area contributed by atoms with Crippen molar-refractivity contribution in [1.29, 1.82) is 0 Å². The smallest absolute Gasteiger partial charge is 0.193 e. The molecule has 1 aliphatic heterocycles. The third-order valence-corrected chi connectivity index (χ3v) is 12.8. The van der Waals surface area contributed by atoms with Gasteiger partial charge in [0.15, 0.2) is 8.32 Å². The summed E-state index contributed by atoms with van der Waals surface area (Å²) in [6.07, 6.45) is 3.27. The highest BCUT2D eigenvalue weighted by atomic mass is 79.9. The van der Waals surface area contributed by atoms with Crippen LogP contribution in [0.3, 0.4) is 0 Å². The molecule has 0 spiro atoms. The molecule has 0 bridgehead atoms. The molecule has 0 saturated heterocycles. The van der Waals surface area contributed by atoms with E-state index in [0.29, 0.717) is 6.61 Å². The number of rotatable bonds is 9. The van der Waals surface area contributed by atoms with Gasteiger partial charge in [-0.3, -0.25) is 0 Å². The van der Waals surface area contributed by atoms with Crippen LogP contribution in [0.4, 0.5) is 5.69 Å². The number of hydrogen-bond donors (Lipinski definition) is 1. The lowest BCUT2D eigenvalue weighted by Gasteiger charge is -2.37. The Labute approximate surface area is 244 Å². The first-order valence-electron chi connectivity index (χ1n) is 13.8. The van der Waals surface area contributed by atoms with Crippen LogP contribution in [0.25, 0.3) is 6.08 Å². The van der Waals surface area contributed by atoms with Crippen molar-refractivity contribution in [2.75, 3.05) is 18.1 Å². The second-order valence-electron chi connectivity index (χ2n) is 11.7. The molecule has 0 radical (unpaired) electrons. The van der Waals surface area contributed by atoms with Gasteiger partial charge in [0.25, 0.3) is 0 Å². The molecule has 1 aliphatic rings. The second kappa shape index (κ2) is 13.2. The predicted molar refractivity (Wildman–Crippen MR) is 172 cm³/mol. The molecule has 0 fully saturated rings. The zero-order chi connectivity index (χ0) is 27.9. The number of anilines is 1. The summed E-state index contributed by atoms with van der Waals surface area (Å²) in [5.41, 5.74) is 6.35. The summed E-state index contributed by atoms with van der Waals surface area (Å²) < 4.78 is 7.50. The zero-order valence-electron chi connectivity index (χ0n) is 23.9. The van der Waals surface area contributed by atoms with E-state index in [9.17, 15) is 0 Å². The highest BCUT2D eigenvalue weighted by Gasteiger charge is 2.37. The Morgan fingerprint density at radius 3 is 2.28 bits per heavy atom. The summed E-state index contributed by atoms with van der Waals surface area (Å²) in [4.78, 5) is 2.46. The lowest BCUT2D eigenvalue weighted by molar-refractivity contribution is 0.334. The first kappa shape index (κ1) is 29.4. The summed E-state index contributed by atoms with van der Waals surface area (Å²) in [5, 5.41) is 3.80. The van der Waals surface area contributed by atoms with Crippen molar-refractivity contribution >= 4 is 36.0 Å². The number of hydrogen-bond acceptors (Lipinski definition) is 3. The third kappa shape index (κ3) is 7.96. The summed E-state index contributed by atoms with van der Waals surface area (Å²) >= 11 is 3.69. The van der Waals surface area contributed by atoms with E-state index in [1.807, 2.05) is 0 Å². The number of nitrogens with one attached hydrogen (secondary N) is 1. The molecule has 204 valence electrons. The second-order valence-corrected chi connectivity index (χ2v) is 17.4. The molecule has 0 aliphatic carbocycles. The van der Waals surface area contributed by atoms with E-state index in [0.717, 1.165) is 30.5 Å². The molecule has 0 amide bonds. The Hall–Kier alpha value is -2.62. The monoisotopic (exact) mass is 600 g/mol. The Morgan fingerprint density at radius 1 is 0.949 bits per heavy atom. The molecule has 4 rings (SSSR count). The van der Waals surface area contributed by atoms with Crippen molar-refractivity contribution in [2.24, 2.45) is 0 Å². The van der Waals surface area contributed by atoms with Crippen LogP contribution in [-0.2, 0) is 17.5 Å². The van der Waals surface area contributed by atoms with Crippen molar-refractivity contribution in [3.05, 3.63) is 106 Å². The first-order chi connectivity index (χ1) is 18.6. The number of halogens is 1. The molecule has 1 atom stereocenters. The third-order valence-electron chi connectivity index (χ3n) is 7.81. The van der Waals surface area contributed by atoms with E-state index >= 15 is 0 Å². The molecule has 1 unspecified atom stereocenters. The van der Waals surface area contributed by atoms with Crippen molar-refractivity contribution in [2.45, 2.75) is 64.5 Å². The fourth-order valence-corrected chi connectivity index (χ4v) is 5.73. The lowest BCUT2D eigenvalue weighted by Crippen LogP contribution is -2.41. The van der Waals surface area contributed by atoms with Crippen molar-refractivity contribution in [3.63, 3.8) is 0 Å². The maximum absolute atomic E-state index is 6.42. The maximum atomic E-state index is 6.42. The molecular weight excluding hydrogens is 560 g/mol. The Kier molecular flexibility index (Phi) is 9.90. The predicted octanol–water partition coefficient (Wildman–Crippen LogP) is 8.43. The molecule has 0 saturated carbocycles. The molecule has 3 aromatic carbocycles. The molecule has 0 aromatic heterocycles. The van der Waals surface area contributed by atoms with E-state index in [1.54, 1.807) is 0 Å². The molecule has 3 nitrogen and oxygen atoms in total. The maximum Gasteiger partial charge on any atom is 0.193 e. The van der Waals surface area contributed by atoms with Crippen LogP contribution in [0.1, 0.15) is 43.9 Å². The zero-order valence-corrected chi connectivity index (χ0v) is 26.5. The molecule has 1 N–H and O–H groups in total. The number of nitrogens with zero attached hydrogens (tertiary/aromatic N) is 1. The van der Waals surface area contributed by atoms with Crippen LogP contribution in [0.15, 0.2) is 88.9 Å². The van der Waals surface area contributed by atoms with Crippen molar-refractivity contribution < 1.29 is 4.43 Å². The van der Waals surface area contributed by atoms with Gasteiger partial charge in [0.2, 0.25) is 0 Å². The summed E-state index contributed by atoms with van der Waals surface area (Å²) in [6, 6.07) is 27.8. The van der Waals surface area contributed by atoms with E-state index in [4.69, 9.17) is 4.43 Å². The van der Waals surface area contributed by atoms with Crippen LogP contribution in [0, 0.1) is 11.8 Å². The first-order valence-corrected chi connectivity index (χ1v) is 17.5. The largest absolute Gasteiger partial charge is 0.406 e. The molecule has 3 aromatic rings. The highest BCUT2D eigenvalue weighted by molar-refractivity contribution is 9.10. The van der Waals surface area contributed by atoms with E-state index < -0.39 is 8.32 Å². The molecule has 39 heavy (non-hydrogen) atoms. The van der Waals surface area contributed by atoms with Gasteiger partial charge in [-0.15, -0.1) is 0 Å². The average Bonchev–Trinajstić information content (AvgIpc) is 2.90. The SMILES string of the molecule is CC(C)(C)[Si](C)(C)OCC#CC1C(CCNCc2ccccc2)=Cc2cc(Br)ccc2N1Cc1ccccc1. The fraction of sp³-hybridized carbons (Fsp3) is 0.353. The van der Waals surface area contributed by atoms with Gasteiger partial charge in [0.05, 0.1) is 6.61 Å².